The van der Waals surface area contributed by atoms with Crippen LogP contribution in [0, 0.1) is 0 Å². The Hall–Kier alpha value is -2.64. The molecule has 0 spiro atoms. The molecule has 4 rings (SSSR count). The maximum atomic E-state index is 12.2. The van der Waals surface area contributed by atoms with Crippen molar-refractivity contribution in [1.82, 2.24) is 9.55 Å². The van der Waals surface area contributed by atoms with Gasteiger partial charge in [-0.1, -0.05) is 35.1 Å². The minimum Gasteiger partial charge on any atom is -0.408 e. The van der Waals surface area contributed by atoms with Crippen molar-refractivity contribution >= 4 is 55.3 Å². The van der Waals surface area contributed by atoms with Crippen LogP contribution in [-0.2, 0) is 11.3 Å². The topological polar surface area (TPSA) is 77.1 Å². The Morgan fingerprint density at radius 1 is 1.27 bits per heavy atom. The lowest BCUT2D eigenvalue weighted by molar-refractivity contribution is -0.116. The molecule has 0 aliphatic heterocycles. The molecule has 1 amide bonds. The quantitative estimate of drug-likeness (QED) is 0.554. The predicted octanol–water partition coefficient (Wildman–Crippen LogP) is 4.28. The minimum atomic E-state index is -0.408. The SMILES string of the molecule is O=C(CCCn1c(=O)oc2ccccc21)Nc1nc2ccc(Cl)cc2s1. The number of nitrogens with zero attached hydrogens (tertiary/aromatic N) is 2. The number of carbonyl (C=O) groups excluding carboxylic acids is 1. The zero-order chi connectivity index (χ0) is 18.1. The Morgan fingerprint density at radius 3 is 3.00 bits per heavy atom. The fraction of sp³-hybridized carbons (Fsp3) is 0.167. The number of carbonyl (C=O) groups is 1. The highest BCUT2D eigenvalue weighted by atomic mass is 35.5. The van der Waals surface area contributed by atoms with Gasteiger partial charge in [0.25, 0.3) is 0 Å². The van der Waals surface area contributed by atoms with Gasteiger partial charge in [-0.25, -0.2) is 9.78 Å². The molecule has 2 aromatic heterocycles. The van der Waals surface area contributed by atoms with Gasteiger partial charge in [0.2, 0.25) is 5.91 Å². The highest BCUT2D eigenvalue weighted by Crippen LogP contribution is 2.28. The third kappa shape index (κ3) is 3.36. The van der Waals surface area contributed by atoms with Crippen LogP contribution in [0.3, 0.4) is 0 Å². The van der Waals surface area contributed by atoms with Crippen LogP contribution in [0.5, 0.6) is 0 Å². The fourth-order valence-electron chi connectivity index (χ4n) is 2.76. The zero-order valence-corrected chi connectivity index (χ0v) is 15.1. The molecule has 2 aromatic carbocycles. The average molecular weight is 388 g/mol. The summed E-state index contributed by atoms with van der Waals surface area (Å²) in [6, 6.07) is 12.6. The number of aryl methyl sites for hydroxylation is 1. The van der Waals surface area contributed by atoms with Crippen LogP contribution in [0.25, 0.3) is 21.3 Å². The Labute approximate surface area is 157 Å². The number of oxazole rings is 1. The number of rotatable bonds is 5. The second-order valence-electron chi connectivity index (χ2n) is 5.77. The maximum absolute atomic E-state index is 12.2. The average Bonchev–Trinajstić information content (AvgIpc) is 3.14. The van der Waals surface area contributed by atoms with Gasteiger partial charge in [-0.2, -0.15) is 0 Å². The van der Waals surface area contributed by atoms with Crippen molar-refractivity contribution in [1.29, 1.82) is 0 Å². The third-order valence-electron chi connectivity index (χ3n) is 3.96. The molecular formula is C18H14ClN3O3S. The number of hydrogen-bond donors (Lipinski definition) is 1. The van der Waals surface area contributed by atoms with Gasteiger partial charge in [-0.15, -0.1) is 0 Å². The second kappa shape index (κ2) is 6.93. The first-order valence-electron chi connectivity index (χ1n) is 8.04. The minimum absolute atomic E-state index is 0.143. The van der Waals surface area contributed by atoms with E-state index in [0.717, 1.165) is 15.7 Å². The Morgan fingerprint density at radius 2 is 2.12 bits per heavy atom. The number of hydrogen-bond acceptors (Lipinski definition) is 5. The molecule has 0 saturated heterocycles. The molecule has 6 nitrogen and oxygen atoms in total. The predicted molar refractivity (Wildman–Crippen MR) is 103 cm³/mol. The summed E-state index contributed by atoms with van der Waals surface area (Å²) in [6.45, 7) is 0.415. The maximum Gasteiger partial charge on any atom is 0.419 e. The number of anilines is 1. The van der Waals surface area contributed by atoms with Gasteiger partial charge in [0.05, 0.1) is 15.7 Å². The van der Waals surface area contributed by atoms with Crippen LogP contribution in [0.2, 0.25) is 5.02 Å². The third-order valence-corrected chi connectivity index (χ3v) is 5.12. The van der Waals surface area contributed by atoms with Gasteiger partial charge in [-0.05, 0) is 36.8 Å². The molecule has 8 heteroatoms. The van der Waals surface area contributed by atoms with E-state index in [2.05, 4.69) is 10.3 Å². The normalized spacial score (nSPS) is 11.3. The van der Waals surface area contributed by atoms with Crippen molar-refractivity contribution in [3.8, 4) is 0 Å². The first kappa shape index (κ1) is 16.8. The van der Waals surface area contributed by atoms with E-state index < -0.39 is 5.76 Å². The van der Waals surface area contributed by atoms with Gasteiger partial charge < -0.3 is 9.73 Å². The Kier molecular flexibility index (Phi) is 4.48. The summed E-state index contributed by atoms with van der Waals surface area (Å²) in [5.74, 6) is -0.550. The van der Waals surface area contributed by atoms with Crippen molar-refractivity contribution < 1.29 is 9.21 Å². The lowest BCUT2D eigenvalue weighted by Gasteiger charge is -2.03. The molecular weight excluding hydrogens is 374 g/mol. The van der Waals surface area contributed by atoms with Crippen molar-refractivity contribution in [2.75, 3.05) is 5.32 Å². The molecule has 1 N–H and O–H groups in total. The summed E-state index contributed by atoms with van der Waals surface area (Å²) in [4.78, 5) is 28.4. The summed E-state index contributed by atoms with van der Waals surface area (Å²) < 4.78 is 7.65. The van der Waals surface area contributed by atoms with Crippen LogP contribution < -0.4 is 11.1 Å². The van der Waals surface area contributed by atoms with Crippen LogP contribution in [0.4, 0.5) is 5.13 Å². The first-order chi connectivity index (χ1) is 12.6. The summed E-state index contributed by atoms with van der Waals surface area (Å²) in [7, 11) is 0. The first-order valence-corrected chi connectivity index (χ1v) is 9.24. The number of amides is 1. The molecule has 0 aliphatic carbocycles. The number of thiazole rings is 1. The summed E-state index contributed by atoms with van der Waals surface area (Å²) >= 11 is 7.34. The molecule has 0 unspecified atom stereocenters. The van der Waals surface area contributed by atoms with Crippen LogP contribution >= 0.6 is 22.9 Å². The van der Waals surface area contributed by atoms with E-state index in [1.54, 1.807) is 16.7 Å². The molecule has 0 radical (unpaired) electrons. The van der Waals surface area contributed by atoms with Crippen LogP contribution in [-0.4, -0.2) is 15.5 Å². The summed E-state index contributed by atoms with van der Waals surface area (Å²) in [5, 5.41) is 3.97. The highest BCUT2D eigenvalue weighted by Gasteiger charge is 2.11. The van der Waals surface area contributed by atoms with Crippen molar-refractivity contribution in [3.05, 3.63) is 58.0 Å². The van der Waals surface area contributed by atoms with E-state index in [1.165, 1.54) is 11.3 Å². The monoisotopic (exact) mass is 387 g/mol. The molecule has 0 fully saturated rings. The van der Waals surface area contributed by atoms with Crippen LogP contribution in [0.1, 0.15) is 12.8 Å². The number of halogens is 1. The molecule has 0 bridgehead atoms. The molecule has 0 aliphatic rings. The van der Waals surface area contributed by atoms with Gasteiger partial charge >= 0.3 is 5.76 Å². The van der Waals surface area contributed by atoms with E-state index >= 15 is 0 Å². The van der Waals surface area contributed by atoms with Gasteiger partial charge in [0, 0.05) is 18.0 Å². The Balaban J connectivity index is 1.39. The van der Waals surface area contributed by atoms with Crippen LogP contribution in [0.15, 0.2) is 51.7 Å². The van der Waals surface area contributed by atoms with Gasteiger partial charge in [-0.3, -0.25) is 9.36 Å². The molecule has 0 saturated carbocycles. The largest absolute Gasteiger partial charge is 0.419 e. The number of para-hydroxylation sites is 2. The molecule has 4 aromatic rings. The smallest absolute Gasteiger partial charge is 0.408 e. The molecule has 132 valence electrons. The fourth-order valence-corrected chi connectivity index (χ4v) is 3.92. The van der Waals surface area contributed by atoms with Crippen molar-refractivity contribution in [3.63, 3.8) is 0 Å². The van der Waals surface area contributed by atoms with Crippen molar-refractivity contribution in [2.24, 2.45) is 0 Å². The Bertz CT molecular complexity index is 1160. The number of nitrogens with one attached hydrogen (secondary N) is 1. The number of aromatic nitrogens is 2. The molecule has 2 heterocycles. The van der Waals surface area contributed by atoms with Gasteiger partial charge in [0.1, 0.15) is 0 Å². The van der Waals surface area contributed by atoms with Gasteiger partial charge in [0.15, 0.2) is 10.7 Å². The standard InChI is InChI=1S/C18H14ClN3O3S/c19-11-7-8-12-15(10-11)26-17(20-12)21-16(23)6-3-9-22-13-4-1-2-5-14(13)25-18(22)24/h1-2,4-5,7-8,10H,3,6,9H2,(H,20,21,23). The highest BCUT2D eigenvalue weighted by molar-refractivity contribution is 7.22. The summed E-state index contributed by atoms with van der Waals surface area (Å²) in [5.41, 5.74) is 2.09. The van der Waals surface area contributed by atoms with E-state index in [0.29, 0.717) is 28.7 Å². The zero-order valence-electron chi connectivity index (χ0n) is 13.6. The van der Waals surface area contributed by atoms with Crippen molar-refractivity contribution in [2.45, 2.75) is 19.4 Å². The summed E-state index contributed by atoms with van der Waals surface area (Å²) in [6.07, 6.45) is 0.800. The number of benzene rings is 2. The van der Waals surface area contributed by atoms with E-state index in [1.807, 2.05) is 30.3 Å². The second-order valence-corrected chi connectivity index (χ2v) is 7.24. The lowest BCUT2D eigenvalue weighted by atomic mass is 10.3. The lowest BCUT2D eigenvalue weighted by Crippen LogP contribution is -2.17. The van der Waals surface area contributed by atoms with E-state index in [-0.39, 0.29) is 12.3 Å². The number of fused-ring (bicyclic) bond motifs is 2. The van der Waals surface area contributed by atoms with E-state index in [4.69, 9.17) is 16.0 Å². The molecule has 0 atom stereocenters. The molecule has 26 heavy (non-hydrogen) atoms. The van der Waals surface area contributed by atoms with E-state index in [9.17, 15) is 9.59 Å².